The molecule has 144 valence electrons. The summed E-state index contributed by atoms with van der Waals surface area (Å²) in [4.78, 5) is 30.9. The number of hydrogen-bond acceptors (Lipinski definition) is 3. The number of nitrogens with zero attached hydrogens (tertiary/aromatic N) is 2. The topological polar surface area (TPSA) is 62.3 Å². The van der Waals surface area contributed by atoms with Crippen LogP contribution in [0.2, 0.25) is 15.2 Å². The van der Waals surface area contributed by atoms with Crippen LogP contribution in [0.1, 0.15) is 17.3 Å². The van der Waals surface area contributed by atoms with E-state index in [4.69, 9.17) is 34.8 Å². The summed E-state index contributed by atoms with van der Waals surface area (Å²) in [6.45, 7) is 2.03. The van der Waals surface area contributed by atoms with Crippen molar-refractivity contribution in [1.82, 2.24) is 9.88 Å². The van der Waals surface area contributed by atoms with Gasteiger partial charge in [0.05, 0.1) is 21.2 Å². The van der Waals surface area contributed by atoms with E-state index in [9.17, 15) is 9.59 Å². The predicted molar refractivity (Wildman–Crippen MR) is 113 cm³/mol. The molecule has 8 heteroatoms. The van der Waals surface area contributed by atoms with Crippen LogP contribution in [-0.2, 0) is 4.79 Å². The maximum Gasteiger partial charge on any atom is 0.254 e. The van der Waals surface area contributed by atoms with Gasteiger partial charge < -0.3 is 10.2 Å². The van der Waals surface area contributed by atoms with Crippen LogP contribution in [0.3, 0.4) is 0 Å². The lowest BCUT2D eigenvalue weighted by Crippen LogP contribution is -2.37. The molecule has 0 fully saturated rings. The first-order valence-electron chi connectivity index (χ1n) is 8.48. The standard InChI is InChI=1S/C20H16Cl3N3O2/c1-2-26(11-18(27)25-19-14(21)4-3-5-15(19)22)20(28)13-6-8-16-12(10-13)7-9-17(23)24-16/h3-10H,2,11H2,1H3,(H,25,27). The molecule has 0 atom stereocenters. The number of fused-ring (bicyclic) bond motifs is 1. The van der Waals surface area contributed by atoms with Gasteiger partial charge in [-0.3, -0.25) is 9.59 Å². The smallest absolute Gasteiger partial charge is 0.254 e. The fraction of sp³-hybridized carbons (Fsp3) is 0.150. The first-order valence-corrected chi connectivity index (χ1v) is 9.62. The van der Waals surface area contributed by atoms with Gasteiger partial charge in [-0.2, -0.15) is 0 Å². The maximum atomic E-state index is 12.9. The summed E-state index contributed by atoms with van der Waals surface area (Å²) in [5.41, 5.74) is 1.48. The zero-order valence-electron chi connectivity index (χ0n) is 14.9. The van der Waals surface area contributed by atoms with Crippen LogP contribution in [-0.4, -0.2) is 34.8 Å². The molecule has 1 N–H and O–H groups in total. The Hall–Kier alpha value is -2.34. The molecule has 3 aromatic rings. The lowest BCUT2D eigenvalue weighted by atomic mass is 10.1. The molecule has 0 saturated carbocycles. The highest BCUT2D eigenvalue weighted by Gasteiger charge is 2.19. The molecule has 1 heterocycles. The highest BCUT2D eigenvalue weighted by Crippen LogP contribution is 2.29. The van der Waals surface area contributed by atoms with Gasteiger partial charge in [-0.05, 0) is 49.4 Å². The Kier molecular flexibility index (Phi) is 6.39. The Labute approximate surface area is 177 Å². The van der Waals surface area contributed by atoms with Gasteiger partial charge in [-0.15, -0.1) is 0 Å². The molecule has 0 aliphatic carbocycles. The van der Waals surface area contributed by atoms with Gasteiger partial charge in [0.2, 0.25) is 5.91 Å². The fourth-order valence-electron chi connectivity index (χ4n) is 2.71. The third-order valence-electron chi connectivity index (χ3n) is 4.13. The van der Waals surface area contributed by atoms with Gasteiger partial charge in [0.15, 0.2) is 0 Å². The molecule has 0 unspecified atom stereocenters. The van der Waals surface area contributed by atoms with Crippen molar-refractivity contribution in [3.05, 3.63) is 69.3 Å². The zero-order chi connectivity index (χ0) is 20.3. The van der Waals surface area contributed by atoms with Gasteiger partial charge in [0, 0.05) is 17.5 Å². The van der Waals surface area contributed by atoms with Crippen molar-refractivity contribution in [2.45, 2.75) is 6.92 Å². The molecule has 0 aliphatic rings. The Bertz CT molecular complexity index is 1040. The predicted octanol–water partition coefficient (Wildman–Crippen LogP) is 5.30. The normalized spacial score (nSPS) is 10.7. The van der Waals surface area contributed by atoms with E-state index in [1.807, 2.05) is 0 Å². The molecule has 3 rings (SSSR count). The summed E-state index contributed by atoms with van der Waals surface area (Å²) in [5.74, 6) is -0.654. The van der Waals surface area contributed by atoms with Crippen LogP contribution < -0.4 is 5.32 Å². The minimum Gasteiger partial charge on any atom is -0.330 e. The number of pyridine rings is 1. The molecule has 0 spiro atoms. The molecule has 2 aromatic carbocycles. The summed E-state index contributed by atoms with van der Waals surface area (Å²) >= 11 is 18.0. The minimum atomic E-state index is -0.389. The second kappa shape index (κ2) is 8.78. The van der Waals surface area contributed by atoms with E-state index in [2.05, 4.69) is 10.3 Å². The number of rotatable bonds is 5. The number of aromatic nitrogens is 1. The molecule has 0 radical (unpaired) electrons. The van der Waals surface area contributed by atoms with Crippen molar-refractivity contribution in [2.75, 3.05) is 18.4 Å². The van der Waals surface area contributed by atoms with Crippen molar-refractivity contribution < 1.29 is 9.59 Å². The van der Waals surface area contributed by atoms with Crippen LogP contribution in [0, 0.1) is 0 Å². The largest absolute Gasteiger partial charge is 0.330 e. The lowest BCUT2D eigenvalue weighted by Gasteiger charge is -2.21. The monoisotopic (exact) mass is 435 g/mol. The number of amides is 2. The van der Waals surface area contributed by atoms with Gasteiger partial charge in [-0.1, -0.05) is 40.9 Å². The molecular formula is C20H16Cl3N3O2. The van der Waals surface area contributed by atoms with E-state index in [1.54, 1.807) is 55.5 Å². The molecule has 0 bridgehead atoms. The van der Waals surface area contributed by atoms with Gasteiger partial charge >= 0.3 is 0 Å². The Morgan fingerprint density at radius 2 is 1.75 bits per heavy atom. The summed E-state index contributed by atoms with van der Waals surface area (Å²) in [6, 6.07) is 13.5. The summed E-state index contributed by atoms with van der Waals surface area (Å²) in [5, 5.41) is 4.50. The van der Waals surface area contributed by atoms with Gasteiger partial charge in [0.25, 0.3) is 5.91 Å². The van der Waals surface area contributed by atoms with Crippen molar-refractivity contribution in [2.24, 2.45) is 0 Å². The highest BCUT2D eigenvalue weighted by atomic mass is 35.5. The quantitative estimate of drug-likeness (QED) is 0.552. The van der Waals surface area contributed by atoms with E-state index >= 15 is 0 Å². The highest BCUT2D eigenvalue weighted by molar-refractivity contribution is 6.39. The van der Waals surface area contributed by atoms with Crippen LogP contribution in [0.15, 0.2) is 48.5 Å². The first-order chi connectivity index (χ1) is 13.4. The second-order valence-electron chi connectivity index (χ2n) is 6.01. The molecule has 28 heavy (non-hydrogen) atoms. The number of carbonyl (C=O) groups excluding carboxylic acids is 2. The average Bonchev–Trinajstić information content (AvgIpc) is 2.68. The molecule has 2 amide bonds. The number of benzene rings is 2. The number of carbonyl (C=O) groups is 2. The fourth-order valence-corrected chi connectivity index (χ4v) is 3.36. The Balaban J connectivity index is 1.76. The SMILES string of the molecule is CCN(CC(=O)Nc1c(Cl)cccc1Cl)C(=O)c1ccc2nc(Cl)ccc2c1. The van der Waals surface area contributed by atoms with E-state index in [0.717, 1.165) is 5.39 Å². The van der Waals surface area contributed by atoms with Crippen molar-refractivity contribution in [3.63, 3.8) is 0 Å². The number of anilines is 1. The van der Waals surface area contributed by atoms with Crippen LogP contribution >= 0.6 is 34.8 Å². The Morgan fingerprint density at radius 3 is 2.43 bits per heavy atom. The summed E-state index contributed by atoms with van der Waals surface area (Å²) in [6.07, 6.45) is 0. The van der Waals surface area contributed by atoms with E-state index in [1.165, 1.54) is 4.90 Å². The molecule has 0 aliphatic heterocycles. The van der Waals surface area contributed by atoms with E-state index in [-0.39, 0.29) is 18.4 Å². The van der Waals surface area contributed by atoms with E-state index < -0.39 is 0 Å². The van der Waals surface area contributed by atoms with Crippen LogP contribution in [0.5, 0.6) is 0 Å². The van der Waals surface area contributed by atoms with Crippen molar-refractivity contribution in [1.29, 1.82) is 0 Å². The second-order valence-corrected chi connectivity index (χ2v) is 7.21. The zero-order valence-corrected chi connectivity index (χ0v) is 17.1. The number of nitrogens with one attached hydrogen (secondary N) is 1. The van der Waals surface area contributed by atoms with Crippen LogP contribution in [0.4, 0.5) is 5.69 Å². The Morgan fingerprint density at radius 1 is 1.04 bits per heavy atom. The van der Waals surface area contributed by atoms with Gasteiger partial charge in [0.1, 0.15) is 11.7 Å². The third kappa shape index (κ3) is 4.55. The maximum absolute atomic E-state index is 12.9. The first kappa shape index (κ1) is 20.4. The van der Waals surface area contributed by atoms with Gasteiger partial charge in [-0.25, -0.2) is 4.98 Å². The number of hydrogen-bond donors (Lipinski definition) is 1. The average molecular weight is 437 g/mol. The van der Waals surface area contributed by atoms with Crippen molar-refractivity contribution >= 4 is 63.2 Å². The molecule has 0 saturated heterocycles. The lowest BCUT2D eigenvalue weighted by molar-refractivity contribution is -0.116. The summed E-state index contributed by atoms with van der Waals surface area (Å²) in [7, 11) is 0. The number of halogens is 3. The van der Waals surface area contributed by atoms with Crippen molar-refractivity contribution in [3.8, 4) is 0 Å². The third-order valence-corrected chi connectivity index (χ3v) is 4.97. The van der Waals surface area contributed by atoms with Crippen LogP contribution in [0.25, 0.3) is 10.9 Å². The molecule has 5 nitrogen and oxygen atoms in total. The molecular weight excluding hydrogens is 421 g/mol. The minimum absolute atomic E-state index is 0.131. The number of likely N-dealkylation sites (N-methyl/N-ethyl adjacent to an activating group) is 1. The molecule has 1 aromatic heterocycles. The summed E-state index contributed by atoms with van der Waals surface area (Å²) < 4.78 is 0. The number of para-hydroxylation sites is 1. The van der Waals surface area contributed by atoms with E-state index in [0.29, 0.717) is 38.5 Å².